The topological polar surface area (TPSA) is 75.9 Å². The van der Waals surface area contributed by atoms with Gasteiger partial charge in [-0.15, -0.1) is 0 Å². The van der Waals surface area contributed by atoms with Gasteiger partial charge in [0.1, 0.15) is 17.5 Å². The van der Waals surface area contributed by atoms with Crippen molar-refractivity contribution >= 4 is 11.6 Å². The molecule has 0 radical (unpaired) electrons. The number of rotatable bonds is 6. The van der Waals surface area contributed by atoms with Crippen LogP contribution in [-0.2, 0) is 0 Å². The van der Waals surface area contributed by atoms with Crippen molar-refractivity contribution in [2.45, 2.75) is 51.6 Å². The summed E-state index contributed by atoms with van der Waals surface area (Å²) in [7, 11) is 0. The van der Waals surface area contributed by atoms with Crippen molar-refractivity contribution in [1.29, 1.82) is 0 Å². The van der Waals surface area contributed by atoms with E-state index in [4.69, 9.17) is 5.73 Å². The molecular weight excluding hydrogens is 226 g/mol. The molecule has 1 unspecified atom stereocenters. The quantitative estimate of drug-likeness (QED) is 0.718. The predicted molar refractivity (Wildman–Crippen MR) is 74.8 cm³/mol. The highest BCUT2D eigenvalue weighted by molar-refractivity contribution is 5.48. The summed E-state index contributed by atoms with van der Waals surface area (Å²) in [6.45, 7) is 4.72. The van der Waals surface area contributed by atoms with Crippen LogP contribution < -0.4 is 16.4 Å². The summed E-state index contributed by atoms with van der Waals surface area (Å²) in [4.78, 5) is 8.83. The summed E-state index contributed by atoms with van der Waals surface area (Å²) >= 11 is 0. The summed E-state index contributed by atoms with van der Waals surface area (Å²) in [6, 6.07) is 2.91. The van der Waals surface area contributed by atoms with Crippen LogP contribution in [-0.4, -0.2) is 28.6 Å². The van der Waals surface area contributed by atoms with Gasteiger partial charge in [0.15, 0.2) is 0 Å². The number of nitrogens with one attached hydrogen (secondary N) is 2. The molecule has 1 saturated carbocycles. The van der Waals surface area contributed by atoms with Crippen LogP contribution >= 0.6 is 0 Å². The molecule has 0 bridgehead atoms. The second-order valence-corrected chi connectivity index (χ2v) is 5.08. The van der Waals surface area contributed by atoms with Gasteiger partial charge in [-0.05, 0) is 46.1 Å². The third-order valence-corrected chi connectivity index (χ3v) is 3.29. The van der Waals surface area contributed by atoms with Crippen molar-refractivity contribution in [1.82, 2.24) is 9.97 Å². The van der Waals surface area contributed by atoms with E-state index >= 15 is 0 Å². The average Bonchev–Trinajstić information content (AvgIpc) is 2.23. The Labute approximate surface area is 109 Å². The van der Waals surface area contributed by atoms with Gasteiger partial charge in [0.05, 0.1) is 0 Å². The van der Waals surface area contributed by atoms with Crippen molar-refractivity contribution < 1.29 is 0 Å². The Hall–Kier alpha value is -1.36. The standard InChI is InChI=1S/C13H23N5/c1-9(6-7-14)15-12-8-13(17-10(2)16-12)18-11-4-3-5-11/h8-9,11H,3-7,14H2,1-2H3,(H2,15,16,17,18). The third-order valence-electron chi connectivity index (χ3n) is 3.29. The van der Waals surface area contributed by atoms with Gasteiger partial charge in [-0.3, -0.25) is 0 Å². The average molecular weight is 249 g/mol. The molecule has 1 fully saturated rings. The van der Waals surface area contributed by atoms with Gasteiger partial charge in [-0.25, -0.2) is 9.97 Å². The molecule has 18 heavy (non-hydrogen) atoms. The molecule has 1 aliphatic rings. The highest BCUT2D eigenvalue weighted by Crippen LogP contribution is 2.23. The van der Waals surface area contributed by atoms with Gasteiger partial charge in [-0.1, -0.05) is 0 Å². The molecule has 0 spiro atoms. The van der Waals surface area contributed by atoms with E-state index in [0.29, 0.717) is 18.6 Å². The molecule has 1 aromatic rings. The zero-order chi connectivity index (χ0) is 13.0. The Kier molecular flexibility index (Phi) is 4.36. The van der Waals surface area contributed by atoms with Gasteiger partial charge in [0.25, 0.3) is 0 Å². The molecule has 0 amide bonds. The van der Waals surface area contributed by atoms with Crippen molar-refractivity contribution in [3.05, 3.63) is 11.9 Å². The van der Waals surface area contributed by atoms with E-state index in [1.54, 1.807) is 0 Å². The minimum atomic E-state index is 0.334. The van der Waals surface area contributed by atoms with Gasteiger partial charge < -0.3 is 16.4 Å². The molecule has 100 valence electrons. The zero-order valence-electron chi connectivity index (χ0n) is 11.2. The number of nitrogens with zero attached hydrogens (tertiary/aromatic N) is 2. The molecule has 0 aliphatic heterocycles. The first-order valence-corrected chi connectivity index (χ1v) is 6.76. The summed E-state index contributed by atoms with van der Waals surface area (Å²) in [5.41, 5.74) is 5.55. The lowest BCUT2D eigenvalue weighted by Crippen LogP contribution is -2.28. The van der Waals surface area contributed by atoms with Gasteiger partial charge in [0.2, 0.25) is 0 Å². The molecule has 5 heteroatoms. The predicted octanol–water partition coefficient (Wildman–Crippen LogP) is 1.90. The van der Waals surface area contributed by atoms with E-state index in [1.807, 2.05) is 13.0 Å². The number of hydrogen-bond donors (Lipinski definition) is 3. The number of aromatic nitrogens is 2. The van der Waals surface area contributed by atoms with Gasteiger partial charge in [-0.2, -0.15) is 0 Å². The maximum absolute atomic E-state index is 5.55. The van der Waals surface area contributed by atoms with E-state index in [9.17, 15) is 0 Å². The second-order valence-electron chi connectivity index (χ2n) is 5.08. The first-order valence-electron chi connectivity index (χ1n) is 6.76. The van der Waals surface area contributed by atoms with Crippen LogP contribution in [0.25, 0.3) is 0 Å². The lowest BCUT2D eigenvalue weighted by molar-refractivity contribution is 0.444. The number of hydrogen-bond acceptors (Lipinski definition) is 5. The lowest BCUT2D eigenvalue weighted by Gasteiger charge is -2.27. The smallest absolute Gasteiger partial charge is 0.132 e. The van der Waals surface area contributed by atoms with Crippen molar-refractivity contribution in [3.63, 3.8) is 0 Å². The number of anilines is 2. The molecule has 4 N–H and O–H groups in total. The van der Waals surface area contributed by atoms with Gasteiger partial charge in [0, 0.05) is 18.2 Å². The minimum absolute atomic E-state index is 0.334. The molecule has 0 saturated heterocycles. The Morgan fingerprint density at radius 2 is 2.11 bits per heavy atom. The largest absolute Gasteiger partial charge is 0.367 e. The highest BCUT2D eigenvalue weighted by Gasteiger charge is 2.17. The van der Waals surface area contributed by atoms with Crippen molar-refractivity contribution in [2.24, 2.45) is 5.73 Å². The van der Waals surface area contributed by atoms with Gasteiger partial charge >= 0.3 is 0 Å². The third kappa shape index (κ3) is 3.57. The van der Waals surface area contributed by atoms with E-state index < -0.39 is 0 Å². The Morgan fingerprint density at radius 1 is 1.39 bits per heavy atom. The normalized spacial score (nSPS) is 17.1. The first-order chi connectivity index (χ1) is 8.67. The molecule has 2 rings (SSSR count). The Bertz CT molecular complexity index is 389. The lowest BCUT2D eigenvalue weighted by atomic mass is 9.93. The Morgan fingerprint density at radius 3 is 2.72 bits per heavy atom. The summed E-state index contributed by atoms with van der Waals surface area (Å²) in [5.74, 6) is 2.60. The number of aryl methyl sites for hydroxylation is 1. The van der Waals surface area contributed by atoms with E-state index in [-0.39, 0.29) is 0 Å². The first kappa shape index (κ1) is 13.1. The fourth-order valence-electron chi connectivity index (χ4n) is 2.05. The number of nitrogens with two attached hydrogens (primary N) is 1. The molecule has 5 nitrogen and oxygen atoms in total. The molecule has 0 aromatic carbocycles. The minimum Gasteiger partial charge on any atom is -0.367 e. The fraction of sp³-hybridized carbons (Fsp3) is 0.692. The van der Waals surface area contributed by atoms with Crippen LogP contribution in [0, 0.1) is 6.92 Å². The van der Waals surface area contributed by atoms with Crippen LogP contribution in [0.15, 0.2) is 6.07 Å². The summed E-state index contributed by atoms with van der Waals surface area (Å²) in [6.07, 6.45) is 4.75. The molecular formula is C13H23N5. The zero-order valence-corrected chi connectivity index (χ0v) is 11.2. The Balaban J connectivity index is 2.00. The van der Waals surface area contributed by atoms with E-state index in [2.05, 4.69) is 27.5 Å². The van der Waals surface area contributed by atoms with E-state index in [1.165, 1.54) is 19.3 Å². The molecule has 1 aromatic heterocycles. The summed E-state index contributed by atoms with van der Waals surface area (Å²) in [5, 5.41) is 6.81. The van der Waals surface area contributed by atoms with Crippen molar-refractivity contribution in [2.75, 3.05) is 17.2 Å². The van der Waals surface area contributed by atoms with Crippen LogP contribution in [0.2, 0.25) is 0 Å². The second kappa shape index (κ2) is 6.00. The van der Waals surface area contributed by atoms with Crippen LogP contribution in [0.3, 0.4) is 0 Å². The molecule has 1 aliphatic carbocycles. The molecule has 1 heterocycles. The summed E-state index contributed by atoms with van der Waals surface area (Å²) < 4.78 is 0. The monoisotopic (exact) mass is 249 g/mol. The van der Waals surface area contributed by atoms with Crippen LogP contribution in [0.4, 0.5) is 11.6 Å². The van der Waals surface area contributed by atoms with Crippen LogP contribution in [0.5, 0.6) is 0 Å². The van der Waals surface area contributed by atoms with Crippen LogP contribution in [0.1, 0.15) is 38.4 Å². The SMILES string of the molecule is Cc1nc(NC(C)CCN)cc(NC2CCC2)n1. The van der Waals surface area contributed by atoms with E-state index in [0.717, 1.165) is 23.9 Å². The fourth-order valence-corrected chi connectivity index (χ4v) is 2.05. The highest BCUT2D eigenvalue weighted by atomic mass is 15.1. The van der Waals surface area contributed by atoms with Crippen molar-refractivity contribution in [3.8, 4) is 0 Å². The molecule has 1 atom stereocenters. The maximum Gasteiger partial charge on any atom is 0.132 e. The maximum atomic E-state index is 5.55.